The quantitative estimate of drug-likeness (QED) is 0.847. The number of hydrogen-bond donors (Lipinski definition) is 2. The number of sulfonamides is 1. The smallest absolute Gasteiger partial charge is 0.262 e. The van der Waals surface area contributed by atoms with Crippen LogP contribution in [0.25, 0.3) is 0 Å². The molecule has 0 aromatic heterocycles. The third kappa shape index (κ3) is 3.25. The van der Waals surface area contributed by atoms with Crippen molar-refractivity contribution in [2.24, 2.45) is 0 Å². The van der Waals surface area contributed by atoms with E-state index in [9.17, 15) is 17.2 Å². The highest BCUT2D eigenvalue weighted by Crippen LogP contribution is 2.27. The van der Waals surface area contributed by atoms with Gasteiger partial charge in [0, 0.05) is 0 Å². The fourth-order valence-electron chi connectivity index (χ4n) is 1.73. The number of halogens is 3. The second-order valence-corrected chi connectivity index (χ2v) is 6.43. The molecule has 0 amide bonds. The molecule has 8 heteroatoms. The van der Waals surface area contributed by atoms with E-state index in [1.807, 2.05) is 0 Å². The van der Waals surface area contributed by atoms with Gasteiger partial charge in [-0.25, -0.2) is 17.2 Å². The molecule has 0 spiro atoms. The Labute approximate surface area is 125 Å². The third-order valence-electron chi connectivity index (χ3n) is 2.76. The molecule has 3 N–H and O–H groups in total. The molecular formula is C13H11ClF2N2O2S. The highest BCUT2D eigenvalue weighted by Gasteiger charge is 2.20. The highest BCUT2D eigenvalue weighted by atomic mass is 35.5. The van der Waals surface area contributed by atoms with E-state index in [-0.39, 0.29) is 26.9 Å². The van der Waals surface area contributed by atoms with E-state index in [4.69, 9.17) is 17.3 Å². The molecule has 0 atom stereocenters. The van der Waals surface area contributed by atoms with Crippen molar-refractivity contribution in [3.05, 3.63) is 52.6 Å². The van der Waals surface area contributed by atoms with Crippen molar-refractivity contribution in [1.29, 1.82) is 0 Å². The Morgan fingerprint density at radius 3 is 2.48 bits per heavy atom. The summed E-state index contributed by atoms with van der Waals surface area (Å²) in [6.45, 7) is 1.43. The van der Waals surface area contributed by atoms with E-state index in [2.05, 4.69) is 4.72 Å². The number of hydrogen-bond acceptors (Lipinski definition) is 3. The van der Waals surface area contributed by atoms with Crippen LogP contribution in [0.5, 0.6) is 0 Å². The van der Waals surface area contributed by atoms with Gasteiger partial charge in [-0.3, -0.25) is 4.72 Å². The lowest BCUT2D eigenvalue weighted by molar-refractivity contribution is 0.599. The zero-order chi connectivity index (χ0) is 15.8. The Bertz CT molecular complexity index is 810. The number of anilines is 2. The first-order valence-electron chi connectivity index (χ1n) is 5.74. The second-order valence-electron chi connectivity index (χ2n) is 4.37. The van der Waals surface area contributed by atoms with Crippen LogP contribution < -0.4 is 10.5 Å². The summed E-state index contributed by atoms with van der Waals surface area (Å²) in [5.41, 5.74) is 5.30. The molecule has 21 heavy (non-hydrogen) atoms. The summed E-state index contributed by atoms with van der Waals surface area (Å²) >= 11 is 5.77. The number of nitrogens with one attached hydrogen (secondary N) is 1. The van der Waals surface area contributed by atoms with Crippen LogP contribution in [0.1, 0.15) is 5.56 Å². The Morgan fingerprint density at radius 2 is 1.86 bits per heavy atom. The lowest BCUT2D eigenvalue weighted by Gasteiger charge is -2.12. The van der Waals surface area contributed by atoms with Crippen LogP contribution in [0.2, 0.25) is 5.02 Å². The van der Waals surface area contributed by atoms with Gasteiger partial charge in [-0.15, -0.1) is 0 Å². The maximum atomic E-state index is 13.3. The molecule has 4 nitrogen and oxygen atoms in total. The topological polar surface area (TPSA) is 72.2 Å². The van der Waals surface area contributed by atoms with Gasteiger partial charge in [-0.2, -0.15) is 0 Å². The van der Waals surface area contributed by atoms with Gasteiger partial charge in [0.25, 0.3) is 10.0 Å². The van der Waals surface area contributed by atoms with E-state index in [1.165, 1.54) is 13.0 Å². The molecule has 0 saturated carbocycles. The number of benzene rings is 2. The molecule has 0 bridgehead atoms. The Kier molecular flexibility index (Phi) is 4.06. The Morgan fingerprint density at radius 1 is 1.19 bits per heavy atom. The molecule has 0 fully saturated rings. The van der Waals surface area contributed by atoms with Gasteiger partial charge in [-0.1, -0.05) is 11.6 Å². The largest absolute Gasteiger partial charge is 0.396 e. The Hall–Kier alpha value is -1.86. The molecular weight excluding hydrogens is 322 g/mol. The van der Waals surface area contributed by atoms with E-state index < -0.39 is 21.7 Å². The zero-order valence-corrected chi connectivity index (χ0v) is 12.4. The van der Waals surface area contributed by atoms with Crippen LogP contribution in [0, 0.1) is 18.6 Å². The predicted molar refractivity (Wildman–Crippen MR) is 77.8 cm³/mol. The predicted octanol–water partition coefficient (Wildman–Crippen LogP) is 3.31. The van der Waals surface area contributed by atoms with Gasteiger partial charge < -0.3 is 5.73 Å². The minimum Gasteiger partial charge on any atom is -0.396 e. The summed E-state index contributed by atoms with van der Waals surface area (Å²) < 4.78 is 53.0. The number of nitrogens with two attached hydrogens (primary N) is 1. The highest BCUT2D eigenvalue weighted by molar-refractivity contribution is 7.92. The van der Waals surface area contributed by atoms with Crippen molar-refractivity contribution in [2.75, 3.05) is 10.5 Å². The van der Waals surface area contributed by atoms with Crippen molar-refractivity contribution >= 4 is 33.0 Å². The molecule has 0 unspecified atom stereocenters. The fraction of sp³-hybridized carbons (Fsp3) is 0.0769. The van der Waals surface area contributed by atoms with Crippen molar-refractivity contribution in [3.63, 3.8) is 0 Å². The monoisotopic (exact) mass is 332 g/mol. The average molecular weight is 333 g/mol. The lowest BCUT2D eigenvalue weighted by Crippen LogP contribution is -2.15. The molecule has 0 aliphatic rings. The first-order chi connectivity index (χ1) is 9.70. The number of aryl methyl sites for hydroxylation is 1. The molecule has 0 aliphatic heterocycles. The number of nitrogen functional groups attached to an aromatic ring is 1. The van der Waals surface area contributed by atoms with Gasteiger partial charge >= 0.3 is 0 Å². The SMILES string of the molecule is Cc1cc(F)c(N)cc1S(=O)(=O)Nc1ccc(F)cc1Cl. The van der Waals surface area contributed by atoms with Crippen LogP contribution in [0.3, 0.4) is 0 Å². The minimum absolute atomic E-state index is 0.0142. The molecule has 0 saturated heterocycles. The molecule has 112 valence electrons. The summed E-state index contributed by atoms with van der Waals surface area (Å²) in [5.74, 6) is -1.29. The van der Waals surface area contributed by atoms with E-state index in [1.54, 1.807) is 0 Å². The van der Waals surface area contributed by atoms with Crippen molar-refractivity contribution in [1.82, 2.24) is 0 Å². The Balaban J connectivity index is 2.46. The van der Waals surface area contributed by atoms with Gasteiger partial charge in [0.1, 0.15) is 11.6 Å². The molecule has 2 aromatic rings. The second kappa shape index (κ2) is 5.50. The standard InChI is InChI=1S/C13H11ClF2N2O2S/c1-7-4-10(16)11(17)6-13(7)21(19,20)18-12-3-2-8(15)5-9(12)14/h2-6,18H,17H2,1H3. The third-order valence-corrected chi connectivity index (χ3v) is 4.58. The summed E-state index contributed by atoms with van der Waals surface area (Å²) in [4.78, 5) is -0.179. The minimum atomic E-state index is -4.02. The van der Waals surface area contributed by atoms with Crippen LogP contribution in [0.15, 0.2) is 35.2 Å². The maximum absolute atomic E-state index is 13.3. The first kappa shape index (κ1) is 15.5. The summed E-state index contributed by atoms with van der Waals surface area (Å²) in [5, 5.41) is -0.0914. The molecule has 2 rings (SSSR count). The van der Waals surface area contributed by atoms with Crippen molar-refractivity contribution in [2.45, 2.75) is 11.8 Å². The van der Waals surface area contributed by atoms with Gasteiger partial charge in [-0.05, 0) is 42.8 Å². The summed E-state index contributed by atoms with van der Waals surface area (Å²) in [7, 11) is -4.02. The zero-order valence-electron chi connectivity index (χ0n) is 10.8. The van der Waals surface area contributed by atoms with E-state index in [0.29, 0.717) is 0 Å². The van der Waals surface area contributed by atoms with Crippen LogP contribution in [0.4, 0.5) is 20.2 Å². The van der Waals surface area contributed by atoms with Crippen molar-refractivity contribution < 1.29 is 17.2 Å². The molecule has 0 radical (unpaired) electrons. The van der Waals surface area contributed by atoms with Crippen LogP contribution in [-0.4, -0.2) is 8.42 Å². The van der Waals surface area contributed by atoms with Gasteiger partial charge in [0.05, 0.1) is 21.3 Å². The first-order valence-corrected chi connectivity index (χ1v) is 7.60. The maximum Gasteiger partial charge on any atom is 0.262 e. The molecule has 0 heterocycles. The molecule has 2 aromatic carbocycles. The van der Waals surface area contributed by atoms with E-state index in [0.717, 1.165) is 24.3 Å². The lowest BCUT2D eigenvalue weighted by atomic mass is 10.2. The summed E-state index contributed by atoms with van der Waals surface area (Å²) in [6, 6.07) is 5.28. The normalized spacial score (nSPS) is 11.4. The molecule has 0 aliphatic carbocycles. The summed E-state index contributed by atoms with van der Waals surface area (Å²) in [6.07, 6.45) is 0. The van der Waals surface area contributed by atoms with E-state index >= 15 is 0 Å². The van der Waals surface area contributed by atoms with Crippen molar-refractivity contribution in [3.8, 4) is 0 Å². The van der Waals surface area contributed by atoms with Gasteiger partial charge in [0.15, 0.2) is 0 Å². The van der Waals surface area contributed by atoms with Gasteiger partial charge in [0.2, 0.25) is 0 Å². The van der Waals surface area contributed by atoms with Crippen LogP contribution in [-0.2, 0) is 10.0 Å². The number of rotatable bonds is 3. The fourth-order valence-corrected chi connectivity index (χ4v) is 3.34. The van der Waals surface area contributed by atoms with Crippen LogP contribution >= 0.6 is 11.6 Å². The average Bonchev–Trinajstić information content (AvgIpc) is 2.37.